The predicted octanol–water partition coefficient (Wildman–Crippen LogP) is 4.55. The number of nitrogens with one attached hydrogen (secondary N) is 1. The molecule has 188 valence electrons. The van der Waals surface area contributed by atoms with Crippen molar-refractivity contribution in [1.29, 1.82) is 0 Å². The normalized spacial score (nSPS) is 22.2. The number of carbonyl (C=O) groups is 3. The van der Waals surface area contributed by atoms with E-state index in [9.17, 15) is 24.1 Å². The second kappa shape index (κ2) is 11.8. The van der Waals surface area contributed by atoms with Crippen LogP contribution >= 0.6 is 7.37 Å². The number of amides is 3. The summed E-state index contributed by atoms with van der Waals surface area (Å²) < 4.78 is 18.9. The molecular weight excluding hydrogens is 467 g/mol. The quantitative estimate of drug-likeness (QED) is 0.365. The van der Waals surface area contributed by atoms with Crippen LogP contribution in [0.15, 0.2) is 60.7 Å². The number of carboxylic acid groups (broad SMARTS) is 1. The molecule has 4 atom stereocenters. The fourth-order valence-electron chi connectivity index (χ4n) is 4.82. The van der Waals surface area contributed by atoms with Crippen LogP contribution in [0, 0.1) is 0 Å². The van der Waals surface area contributed by atoms with Gasteiger partial charge in [-0.2, -0.15) is 9.28 Å². The van der Waals surface area contributed by atoms with Crippen LogP contribution in [0.25, 0.3) is 0 Å². The lowest BCUT2D eigenvalue weighted by Gasteiger charge is -2.31. The summed E-state index contributed by atoms with van der Waals surface area (Å²) in [5.74, 6) is -0.921. The van der Waals surface area contributed by atoms with Gasteiger partial charge in [-0.3, -0.25) is 9.36 Å². The summed E-state index contributed by atoms with van der Waals surface area (Å²) in [5, 5.41) is 12.9. The van der Waals surface area contributed by atoms with E-state index >= 15 is 0 Å². The van der Waals surface area contributed by atoms with Crippen LogP contribution in [0.2, 0.25) is 0 Å². The van der Waals surface area contributed by atoms with E-state index in [0.29, 0.717) is 24.8 Å². The lowest BCUT2D eigenvalue weighted by molar-refractivity contribution is -0.791. The molecular formula is C26H34N2O6P+. The molecule has 2 aromatic carbocycles. The van der Waals surface area contributed by atoms with Crippen LogP contribution in [-0.2, 0) is 20.3 Å². The molecule has 1 aliphatic rings. The van der Waals surface area contributed by atoms with Crippen LogP contribution in [0.3, 0.4) is 0 Å². The third kappa shape index (κ3) is 6.45. The van der Waals surface area contributed by atoms with E-state index in [1.54, 1.807) is 38.1 Å². The van der Waals surface area contributed by atoms with Crippen LogP contribution in [0.1, 0.15) is 42.6 Å². The van der Waals surface area contributed by atoms with E-state index in [-0.39, 0.29) is 25.2 Å². The van der Waals surface area contributed by atoms with E-state index in [0.717, 1.165) is 5.56 Å². The Bertz CT molecular complexity index is 1080. The summed E-state index contributed by atoms with van der Waals surface area (Å²) in [6.07, 6.45) is -0.165. The van der Waals surface area contributed by atoms with Crippen LogP contribution in [-0.4, -0.2) is 65.1 Å². The van der Waals surface area contributed by atoms with Gasteiger partial charge in [0.1, 0.15) is 12.2 Å². The highest BCUT2D eigenvalue weighted by Crippen LogP contribution is 2.49. The largest absolute Gasteiger partial charge is 0.521 e. The zero-order valence-corrected chi connectivity index (χ0v) is 21.2. The van der Waals surface area contributed by atoms with Gasteiger partial charge in [0.25, 0.3) is 5.91 Å². The SMILES string of the molecule is CCOP(=O)(CC(=O)[N+]1(C(=O)O)CCC[C@H]1C)CC(Cc1ccccc1)NC(=O)c1ccccc1. The first-order valence-electron chi connectivity index (χ1n) is 12.0. The Balaban J connectivity index is 1.86. The summed E-state index contributed by atoms with van der Waals surface area (Å²) in [6.45, 7) is 3.71. The number of rotatable bonds is 10. The first kappa shape index (κ1) is 26.8. The molecule has 0 radical (unpaired) electrons. The molecule has 1 aliphatic heterocycles. The number of likely N-dealkylation sites (tertiary alicyclic amines) is 1. The lowest BCUT2D eigenvalue weighted by Crippen LogP contribution is -2.59. The van der Waals surface area contributed by atoms with Crippen LogP contribution in [0.5, 0.6) is 0 Å². The van der Waals surface area contributed by atoms with Gasteiger partial charge in [-0.15, -0.1) is 0 Å². The second-order valence-corrected chi connectivity index (χ2v) is 11.6. The van der Waals surface area contributed by atoms with E-state index in [1.807, 2.05) is 36.4 Å². The molecule has 0 bridgehead atoms. The third-order valence-electron chi connectivity index (χ3n) is 6.61. The molecule has 3 rings (SSSR count). The number of carbonyl (C=O) groups excluding carboxylic acids is 2. The van der Waals surface area contributed by atoms with Crippen molar-refractivity contribution in [3.05, 3.63) is 71.8 Å². The predicted molar refractivity (Wildman–Crippen MR) is 134 cm³/mol. The molecule has 2 N–H and O–H groups in total. The maximum atomic E-state index is 14.0. The average molecular weight is 502 g/mol. The van der Waals surface area contributed by atoms with Crippen molar-refractivity contribution >= 4 is 25.3 Å². The standard InChI is InChI=1S/C26H33N2O6P/c1-3-34-35(33,19-24(29)28(26(31)32)16-10-11-20(28)2)18-23(17-21-12-6-4-7-13-21)27-25(30)22-14-8-5-9-15-22/h4-9,12-15,20,23H,3,10-11,16-19H2,1-2H3,(H-,27,30,31,32)/p+1/t20-,23?,28?,35?/m1/s1. The van der Waals surface area contributed by atoms with E-state index < -0.39 is 42.1 Å². The van der Waals surface area contributed by atoms with Gasteiger partial charge in [0.05, 0.1) is 13.2 Å². The van der Waals surface area contributed by atoms with Gasteiger partial charge >= 0.3 is 12.0 Å². The Kier molecular flexibility index (Phi) is 9.00. The highest BCUT2D eigenvalue weighted by Gasteiger charge is 2.54. The van der Waals surface area contributed by atoms with Gasteiger partial charge in [0.2, 0.25) is 7.37 Å². The van der Waals surface area contributed by atoms with Crippen LogP contribution < -0.4 is 5.32 Å². The van der Waals surface area contributed by atoms with E-state index in [1.165, 1.54) is 0 Å². The fraction of sp³-hybridized carbons (Fsp3) is 0.423. The van der Waals surface area contributed by atoms with Crippen molar-refractivity contribution in [1.82, 2.24) is 5.32 Å². The molecule has 0 saturated carbocycles. The Morgan fingerprint density at radius 2 is 1.74 bits per heavy atom. The summed E-state index contributed by atoms with van der Waals surface area (Å²) in [4.78, 5) is 38.4. The van der Waals surface area contributed by atoms with Gasteiger partial charge in [0.15, 0.2) is 0 Å². The summed E-state index contributed by atoms with van der Waals surface area (Å²) in [5.41, 5.74) is 1.40. The molecule has 0 aromatic heterocycles. The molecule has 35 heavy (non-hydrogen) atoms. The highest BCUT2D eigenvalue weighted by molar-refractivity contribution is 7.60. The Labute approximate surface area is 206 Å². The Morgan fingerprint density at radius 1 is 1.11 bits per heavy atom. The maximum Gasteiger partial charge on any atom is 0.521 e. The van der Waals surface area contributed by atoms with Gasteiger partial charge < -0.3 is 14.9 Å². The first-order valence-corrected chi connectivity index (χ1v) is 14.0. The summed E-state index contributed by atoms with van der Waals surface area (Å²) in [7, 11) is -3.62. The Hall–Kier alpha value is -2.80. The minimum Gasteiger partial charge on any atom is -0.435 e. The molecule has 9 heteroatoms. The van der Waals surface area contributed by atoms with Gasteiger partial charge in [0, 0.05) is 30.6 Å². The molecule has 0 aliphatic carbocycles. The summed E-state index contributed by atoms with van der Waals surface area (Å²) >= 11 is 0. The van der Waals surface area contributed by atoms with E-state index in [4.69, 9.17) is 4.52 Å². The third-order valence-corrected chi connectivity index (χ3v) is 9.08. The minimum atomic E-state index is -3.62. The van der Waals surface area contributed by atoms with Crippen molar-refractivity contribution in [2.24, 2.45) is 0 Å². The first-order chi connectivity index (χ1) is 16.7. The number of hydrogen-bond acceptors (Lipinski definition) is 5. The minimum absolute atomic E-state index is 0.0753. The number of hydrogen-bond donors (Lipinski definition) is 2. The number of nitrogens with zero attached hydrogens (tertiary/aromatic N) is 1. The van der Waals surface area contributed by atoms with Crippen molar-refractivity contribution in [3.63, 3.8) is 0 Å². The van der Waals surface area contributed by atoms with Crippen LogP contribution in [0.4, 0.5) is 4.79 Å². The zero-order valence-electron chi connectivity index (χ0n) is 20.3. The summed E-state index contributed by atoms with van der Waals surface area (Å²) in [6, 6.07) is 17.2. The monoisotopic (exact) mass is 501 g/mol. The van der Waals surface area contributed by atoms with Crippen molar-refractivity contribution in [2.45, 2.75) is 45.2 Å². The molecule has 3 amide bonds. The molecule has 1 saturated heterocycles. The smallest absolute Gasteiger partial charge is 0.435 e. The highest BCUT2D eigenvalue weighted by atomic mass is 31.2. The maximum absolute atomic E-state index is 14.0. The molecule has 1 heterocycles. The van der Waals surface area contributed by atoms with Crippen molar-refractivity contribution < 1.29 is 33.1 Å². The van der Waals surface area contributed by atoms with Gasteiger partial charge in [-0.25, -0.2) is 4.79 Å². The number of benzene rings is 2. The fourth-order valence-corrected chi connectivity index (χ4v) is 7.18. The van der Waals surface area contributed by atoms with Crippen molar-refractivity contribution in [2.75, 3.05) is 25.5 Å². The lowest BCUT2D eigenvalue weighted by atomic mass is 10.1. The van der Waals surface area contributed by atoms with Gasteiger partial charge in [-0.05, 0) is 38.0 Å². The molecule has 1 fully saturated rings. The molecule has 8 nitrogen and oxygen atoms in total. The molecule has 3 unspecified atom stereocenters. The van der Waals surface area contributed by atoms with E-state index in [2.05, 4.69) is 5.32 Å². The zero-order chi connectivity index (χ0) is 25.5. The number of imide groups is 1. The molecule has 2 aromatic rings. The topological polar surface area (TPSA) is 110 Å². The van der Waals surface area contributed by atoms with Crippen molar-refractivity contribution in [3.8, 4) is 0 Å². The molecule has 0 spiro atoms. The Morgan fingerprint density at radius 3 is 2.29 bits per heavy atom. The second-order valence-electron chi connectivity index (χ2n) is 9.06. The average Bonchev–Trinajstić information content (AvgIpc) is 3.22. The number of quaternary nitrogens is 1. The van der Waals surface area contributed by atoms with Gasteiger partial charge in [-0.1, -0.05) is 48.5 Å².